The molecule has 4 rings (SSSR count). The van der Waals surface area contributed by atoms with Gasteiger partial charge in [-0.3, -0.25) is 0 Å². The first-order valence-corrected chi connectivity index (χ1v) is 11.4. The third-order valence-corrected chi connectivity index (χ3v) is 7.84. The van der Waals surface area contributed by atoms with Gasteiger partial charge >= 0.3 is 18.3 Å². The van der Waals surface area contributed by atoms with Crippen molar-refractivity contribution in [3.05, 3.63) is 0 Å². The van der Waals surface area contributed by atoms with Gasteiger partial charge in [-0.1, -0.05) is 0 Å². The van der Waals surface area contributed by atoms with Gasteiger partial charge in [-0.2, -0.15) is 13.2 Å². The van der Waals surface area contributed by atoms with Crippen molar-refractivity contribution in [2.45, 2.75) is 63.2 Å². The van der Waals surface area contributed by atoms with Gasteiger partial charge in [0.1, 0.15) is 6.54 Å². The molecule has 4 aliphatic rings. The maximum atomic E-state index is 12.4. The lowest BCUT2D eigenvalue weighted by Gasteiger charge is -2.52. The van der Waals surface area contributed by atoms with Gasteiger partial charge in [0, 0.05) is 31.7 Å². The van der Waals surface area contributed by atoms with E-state index in [0.29, 0.717) is 18.5 Å². The topological polar surface area (TPSA) is 65.1 Å². The van der Waals surface area contributed by atoms with Gasteiger partial charge in [0.15, 0.2) is 0 Å². The zero-order chi connectivity index (χ0) is 22.2. The van der Waals surface area contributed by atoms with Crippen molar-refractivity contribution in [2.75, 3.05) is 46.4 Å². The number of amides is 3. The molecule has 10 heteroatoms. The lowest BCUT2D eigenvalue weighted by Crippen LogP contribution is -2.55. The van der Waals surface area contributed by atoms with Crippen LogP contribution in [0.25, 0.3) is 0 Å². The fourth-order valence-electron chi connectivity index (χ4n) is 6.23. The van der Waals surface area contributed by atoms with Crippen LogP contribution in [-0.4, -0.2) is 91.5 Å². The minimum absolute atomic E-state index is 0.0477. The highest BCUT2D eigenvalue weighted by Crippen LogP contribution is 2.51. The Labute approximate surface area is 181 Å². The number of carbonyl (C=O) groups is 2. The molecule has 3 saturated heterocycles. The van der Waals surface area contributed by atoms with E-state index >= 15 is 0 Å². The minimum Gasteiger partial charge on any atom is -0.453 e. The molecule has 176 valence electrons. The quantitative estimate of drug-likeness (QED) is 0.724. The number of hydrogen-bond donors (Lipinski definition) is 1. The zero-order valence-electron chi connectivity index (χ0n) is 18.1. The van der Waals surface area contributed by atoms with Gasteiger partial charge in [-0.05, 0) is 69.4 Å². The molecule has 1 N–H and O–H groups in total. The van der Waals surface area contributed by atoms with Gasteiger partial charge in [-0.15, -0.1) is 0 Å². The lowest BCUT2D eigenvalue weighted by molar-refractivity contribution is -0.123. The predicted octanol–water partition coefficient (Wildman–Crippen LogP) is 3.06. The normalized spacial score (nSPS) is 32.4. The number of carbonyl (C=O) groups excluding carboxylic acids is 2. The first-order chi connectivity index (χ1) is 14.7. The van der Waals surface area contributed by atoms with E-state index in [9.17, 15) is 22.8 Å². The minimum atomic E-state index is -4.39. The summed E-state index contributed by atoms with van der Waals surface area (Å²) >= 11 is 0. The highest BCUT2D eigenvalue weighted by atomic mass is 19.4. The average Bonchev–Trinajstić information content (AvgIpc) is 3.38. The molecule has 1 saturated carbocycles. The molecule has 0 aromatic rings. The molecule has 0 radical (unpaired) electrons. The van der Waals surface area contributed by atoms with Crippen molar-refractivity contribution in [3.63, 3.8) is 0 Å². The van der Waals surface area contributed by atoms with Crippen LogP contribution in [0.3, 0.4) is 0 Å². The van der Waals surface area contributed by atoms with Crippen LogP contribution in [0, 0.1) is 11.3 Å². The smallest absolute Gasteiger partial charge is 0.409 e. The number of nitrogens with zero attached hydrogens (tertiary/aromatic N) is 3. The number of piperidine rings is 1. The van der Waals surface area contributed by atoms with Gasteiger partial charge in [-0.25, -0.2) is 9.59 Å². The predicted molar refractivity (Wildman–Crippen MR) is 108 cm³/mol. The Morgan fingerprint density at radius 1 is 1.10 bits per heavy atom. The number of likely N-dealkylation sites (tertiary alicyclic amines) is 3. The molecule has 0 aromatic carbocycles. The molecule has 1 aliphatic carbocycles. The van der Waals surface area contributed by atoms with E-state index in [0.717, 1.165) is 71.1 Å². The molecule has 0 bridgehead atoms. The molecule has 1 atom stereocenters. The molecule has 3 aliphatic heterocycles. The fourth-order valence-corrected chi connectivity index (χ4v) is 6.23. The third kappa shape index (κ3) is 4.88. The second kappa shape index (κ2) is 8.67. The second-order valence-corrected chi connectivity index (χ2v) is 9.75. The standard InChI is InChI=1S/C21H33F3N4O3/c1-31-19(30)27-10-6-20(14-27)11-16(12-20)26-8-4-15(5-9-26)17-3-2-7-28(17)18(29)25-13-21(22,23)24/h15-17H,2-14H2,1H3,(H,25,29). The summed E-state index contributed by atoms with van der Waals surface area (Å²) in [5.41, 5.74) is 0.245. The molecule has 0 aromatic heterocycles. The van der Waals surface area contributed by atoms with E-state index in [-0.39, 0.29) is 17.6 Å². The zero-order valence-corrected chi connectivity index (χ0v) is 18.1. The molecule has 7 nitrogen and oxygen atoms in total. The molecule has 1 spiro atoms. The van der Waals surface area contributed by atoms with E-state index in [1.165, 1.54) is 7.11 Å². The molecular formula is C21H33F3N4O3. The van der Waals surface area contributed by atoms with Crippen molar-refractivity contribution >= 4 is 12.1 Å². The lowest BCUT2D eigenvalue weighted by atomic mass is 9.64. The first kappa shape index (κ1) is 22.5. The summed E-state index contributed by atoms with van der Waals surface area (Å²) in [6.07, 6.45) is 2.33. The molecular weight excluding hydrogens is 413 g/mol. The number of rotatable bonds is 3. The van der Waals surface area contributed by atoms with E-state index < -0.39 is 18.8 Å². The maximum absolute atomic E-state index is 12.4. The van der Waals surface area contributed by atoms with E-state index in [4.69, 9.17) is 4.74 Å². The summed E-state index contributed by atoms with van der Waals surface area (Å²) in [5, 5.41) is 2.04. The number of halogens is 3. The number of ether oxygens (including phenoxy) is 1. The monoisotopic (exact) mass is 446 g/mol. The van der Waals surface area contributed by atoms with Gasteiger partial charge < -0.3 is 24.8 Å². The van der Waals surface area contributed by atoms with Crippen molar-refractivity contribution < 1.29 is 27.5 Å². The summed E-state index contributed by atoms with van der Waals surface area (Å²) in [5.74, 6) is 0.353. The Bertz CT molecular complexity index is 675. The van der Waals surface area contributed by atoms with Gasteiger partial charge in [0.05, 0.1) is 7.11 Å². The van der Waals surface area contributed by atoms with Crippen LogP contribution in [-0.2, 0) is 4.74 Å². The summed E-state index contributed by atoms with van der Waals surface area (Å²) in [4.78, 5) is 30.0. The molecule has 4 fully saturated rings. The Morgan fingerprint density at radius 2 is 1.81 bits per heavy atom. The largest absolute Gasteiger partial charge is 0.453 e. The summed E-state index contributed by atoms with van der Waals surface area (Å²) in [7, 11) is 1.42. The molecule has 3 heterocycles. The second-order valence-electron chi connectivity index (χ2n) is 9.75. The van der Waals surface area contributed by atoms with Gasteiger partial charge in [0.2, 0.25) is 0 Å². The Balaban J connectivity index is 1.22. The number of nitrogens with one attached hydrogen (secondary N) is 1. The SMILES string of the molecule is COC(=O)N1CCC2(CC(N3CCC(C4CCCN4C(=O)NCC(F)(F)F)CC3)C2)C1. The summed E-state index contributed by atoms with van der Waals surface area (Å²) in [6.45, 7) is 2.77. The fraction of sp³-hybridized carbons (Fsp3) is 0.905. The van der Waals surface area contributed by atoms with Crippen molar-refractivity contribution in [1.29, 1.82) is 0 Å². The maximum Gasteiger partial charge on any atom is 0.409 e. The van der Waals surface area contributed by atoms with E-state index in [2.05, 4.69) is 4.90 Å². The van der Waals surface area contributed by atoms with Crippen LogP contribution in [0.15, 0.2) is 0 Å². The Morgan fingerprint density at radius 3 is 2.45 bits per heavy atom. The van der Waals surface area contributed by atoms with Crippen LogP contribution in [0.5, 0.6) is 0 Å². The van der Waals surface area contributed by atoms with Crippen LogP contribution in [0.4, 0.5) is 22.8 Å². The van der Waals surface area contributed by atoms with Crippen molar-refractivity contribution in [3.8, 4) is 0 Å². The average molecular weight is 447 g/mol. The molecule has 3 amide bonds. The number of hydrogen-bond acceptors (Lipinski definition) is 4. The Kier molecular flexibility index (Phi) is 6.29. The molecule has 31 heavy (non-hydrogen) atoms. The van der Waals surface area contributed by atoms with E-state index in [1.807, 2.05) is 5.32 Å². The van der Waals surface area contributed by atoms with Crippen LogP contribution >= 0.6 is 0 Å². The van der Waals surface area contributed by atoms with Crippen molar-refractivity contribution in [2.24, 2.45) is 11.3 Å². The summed E-state index contributed by atoms with van der Waals surface area (Å²) < 4.78 is 42.2. The van der Waals surface area contributed by atoms with Crippen LogP contribution in [0.1, 0.15) is 44.9 Å². The highest BCUT2D eigenvalue weighted by Gasteiger charge is 2.51. The summed E-state index contributed by atoms with van der Waals surface area (Å²) in [6, 6.07) is 0.0134. The van der Waals surface area contributed by atoms with E-state index in [1.54, 1.807) is 9.80 Å². The number of alkyl halides is 3. The van der Waals surface area contributed by atoms with Crippen LogP contribution < -0.4 is 5.32 Å². The van der Waals surface area contributed by atoms with Gasteiger partial charge in [0.25, 0.3) is 0 Å². The molecule has 1 unspecified atom stereocenters. The third-order valence-electron chi connectivity index (χ3n) is 7.84. The number of urea groups is 1. The van der Waals surface area contributed by atoms with Crippen molar-refractivity contribution in [1.82, 2.24) is 20.0 Å². The highest BCUT2D eigenvalue weighted by molar-refractivity contribution is 5.75. The first-order valence-electron chi connectivity index (χ1n) is 11.4. The Hall–Kier alpha value is -1.71. The van der Waals surface area contributed by atoms with Crippen LogP contribution in [0.2, 0.25) is 0 Å². The number of methoxy groups -OCH3 is 1.